The van der Waals surface area contributed by atoms with Crippen LogP contribution >= 0.6 is 56.5 Å². The van der Waals surface area contributed by atoms with Crippen molar-refractivity contribution in [3.8, 4) is 0 Å². The normalized spacial score (nSPS) is 20.5. The number of fused-ring (bicyclic) bond motifs is 1. The maximum absolute atomic E-state index is 14.8. The molecule has 0 saturated carbocycles. The first-order valence-corrected chi connectivity index (χ1v) is 17.0. The van der Waals surface area contributed by atoms with Crippen LogP contribution in [-0.2, 0) is 18.4 Å². The molecule has 3 aromatic heterocycles. The molecule has 2 atom stereocenters. The van der Waals surface area contributed by atoms with E-state index in [0.717, 1.165) is 19.8 Å². The van der Waals surface area contributed by atoms with Crippen LogP contribution in [0.3, 0.4) is 0 Å². The third kappa shape index (κ3) is 5.89. The highest BCUT2D eigenvalue weighted by Gasteiger charge is 2.42. The minimum Gasteiger partial charge on any atom is -0.388 e. The highest BCUT2D eigenvalue weighted by atomic mass is 127. The average molecular weight is 829 g/mol. The molecule has 1 N–H and O–H groups in total. The van der Waals surface area contributed by atoms with Gasteiger partial charge in [0.15, 0.2) is 5.82 Å². The van der Waals surface area contributed by atoms with Crippen molar-refractivity contribution in [2.75, 3.05) is 26.2 Å². The fourth-order valence-electron chi connectivity index (χ4n) is 6.26. The maximum Gasteiger partial charge on any atom is 0.267 e. The summed E-state index contributed by atoms with van der Waals surface area (Å²) in [6.45, 7) is 1.51. The van der Waals surface area contributed by atoms with Crippen molar-refractivity contribution in [1.82, 2.24) is 23.9 Å². The van der Waals surface area contributed by atoms with Gasteiger partial charge in [0.25, 0.3) is 11.5 Å². The van der Waals surface area contributed by atoms with Crippen molar-refractivity contribution in [3.63, 3.8) is 0 Å². The number of likely N-dealkylation sites (tertiary alicyclic amines) is 2. The predicted octanol–water partition coefficient (Wildman–Crippen LogP) is 4.44. The summed E-state index contributed by atoms with van der Waals surface area (Å²) in [6, 6.07) is 11.4. The minimum atomic E-state index is -1.14. The Morgan fingerprint density at radius 1 is 1.12 bits per heavy atom. The maximum atomic E-state index is 14.8. The zero-order valence-electron chi connectivity index (χ0n) is 23.4. The number of aromatic nitrogens is 3. The van der Waals surface area contributed by atoms with Crippen LogP contribution in [0, 0.1) is 18.2 Å². The second-order valence-electron chi connectivity index (χ2n) is 11.4. The molecule has 1 aromatic carbocycles. The molecule has 0 bridgehead atoms. The number of amides is 2. The molecule has 4 aromatic rings. The van der Waals surface area contributed by atoms with Crippen LogP contribution < -0.4 is 5.56 Å². The third-order valence-corrected chi connectivity index (χ3v) is 13.3. The van der Waals surface area contributed by atoms with E-state index in [0.29, 0.717) is 60.0 Å². The van der Waals surface area contributed by atoms with E-state index in [4.69, 9.17) is 0 Å². The van der Waals surface area contributed by atoms with E-state index < -0.39 is 11.4 Å². The lowest BCUT2D eigenvalue weighted by atomic mass is 9.79. The van der Waals surface area contributed by atoms with Gasteiger partial charge in [-0.05, 0) is 76.1 Å². The molecule has 2 aliphatic heterocycles. The number of halogens is 3. The first-order chi connectivity index (χ1) is 20.6. The molecule has 226 valence electrons. The molecular formula is C30H30FI2N5O4S. The Balaban J connectivity index is 1.16. The number of piperidine rings is 2. The number of rotatable bonds is 5. The van der Waals surface area contributed by atoms with Crippen LogP contribution in [0.1, 0.15) is 40.4 Å². The lowest BCUT2D eigenvalue weighted by Gasteiger charge is -2.43. The van der Waals surface area contributed by atoms with Gasteiger partial charge in [0.05, 0.1) is 24.0 Å². The summed E-state index contributed by atoms with van der Waals surface area (Å²) in [7, 11) is 1.83. The molecule has 5 heterocycles. The van der Waals surface area contributed by atoms with Crippen molar-refractivity contribution in [2.24, 2.45) is 13.0 Å². The molecule has 13 heteroatoms. The number of thiophene rings is 1. The van der Waals surface area contributed by atoms with E-state index in [-0.39, 0.29) is 40.6 Å². The fraction of sp³-hybridized carbons (Fsp3) is 0.400. The molecule has 2 aliphatic rings. The molecule has 9 nitrogen and oxygen atoms in total. The number of carbonyl (C=O) groups is 2. The summed E-state index contributed by atoms with van der Waals surface area (Å²) in [4.78, 5) is 48.3. The standard InChI is InChI=1S/C30H30FI2N5O4S/c1-35-11-7-20-26(35)34-17-38(28(20)40)16-30(42)9-13-36(14-10-30)27(39)19-8-12-37(15-21(19)18-5-3-2-4-6-18)29(41)24-22(31)23(32)25(33)43-24/h2-7,11,17,19,21,42H,8-10,12-16H2,1H3/t19-,21+/m1/s1. The Morgan fingerprint density at radius 2 is 1.84 bits per heavy atom. The van der Waals surface area contributed by atoms with Gasteiger partial charge in [-0.2, -0.15) is 0 Å². The summed E-state index contributed by atoms with van der Waals surface area (Å²) >= 11 is 5.14. The molecule has 6 rings (SSSR count). The molecular weight excluding hydrogens is 799 g/mol. The van der Waals surface area contributed by atoms with Gasteiger partial charge in [-0.1, -0.05) is 30.3 Å². The van der Waals surface area contributed by atoms with Crippen LogP contribution in [0.4, 0.5) is 4.39 Å². The number of hydrogen-bond acceptors (Lipinski definition) is 6. The smallest absolute Gasteiger partial charge is 0.267 e. The first-order valence-electron chi connectivity index (χ1n) is 14.1. The summed E-state index contributed by atoms with van der Waals surface area (Å²) < 4.78 is 19.3. The van der Waals surface area contributed by atoms with E-state index in [9.17, 15) is 23.9 Å². The van der Waals surface area contributed by atoms with Gasteiger partial charge in [-0.15, -0.1) is 11.3 Å². The summed E-state index contributed by atoms with van der Waals surface area (Å²) in [6.07, 6.45) is 4.39. The van der Waals surface area contributed by atoms with Crippen molar-refractivity contribution < 1.29 is 19.1 Å². The van der Waals surface area contributed by atoms with E-state index in [2.05, 4.69) is 27.6 Å². The van der Waals surface area contributed by atoms with Gasteiger partial charge in [0, 0.05) is 51.3 Å². The molecule has 0 spiro atoms. The minimum absolute atomic E-state index is 0.000980. The van der Waals surface area contributed by atoms with E-state index in [1.165, 1.54) is 10.9 Å². The predicted molar refractivity (Wildman–Crippen MR) is 179 cm³/mol. The monoisotopic (exact) mass is 829 g/mol. The largest absolute Gasteiger partial charge is 0.388 e. The van der Waals surface area contributed by atoms with E-state index in [1.807, 2.05) is 60.0 Å². The summed E-state index contributed by atoms with van der Waals surface area (Å²) in [5, 5.41) is 11.9. The summed E-state index contributed by atoms with van der Waals surface area (Å²) in [5.41, 5.74) is 0.223. The number of hydrogen-bond donors (Lipinski definition) is 1. The third-order valence-electron chi connectivity index (χ3n) is 8.72. The Bertz CT molecular complexity index is 1750. The molecule has 0 aliphatic carbocycles. The van der Waals surface area contributed by atoms with Gasteiger partial charge < -0.3 is 19.5 Å². The van der Waals surface area contributed by atoms with Crippen molar-refractivity contribution in [2.45, 2.75) is 37.3 Å². The Morgan fingerprint density at radius 3 is 2.51 bits per heavy atom. The molecule has 2 saturated heterocycles. The topological polar surface area (TPSA) is 101 Å². The lowest BCUT2D eigenvalue weighted by Crippen LogP contribution is -2.53. The fourth-order valence-corrected chi connectivity index (χ4v) is 8.71. The highest BCUT2D eigenvalue weighted by Crippen LogP contribution is 2.37. The average Bonchev–Trinajstić information content (AvgIpc) is 3.52. The molecule has 2 fully saturated rings. The number of carbonyl (C=O) groups excluding carboxylic acids is 2. The zero-order chi connectivity index (χ0) is 30.5. The van der Waals surface area contributed by atoms with Gasteiger partial charge in [0.1, 0.15) is 16.9 Å². The van der Waals surface area contributed by atoms with Crippen molar-refractivity contribution in [3.05, 3.63) is 82.0 Å². The van der Waals surface area contributed by atoms with Gasteiger partial charge >= 0.3 is 0 Å². The molecule has 2 amide bonds. The van der Waals surface area contributed by atoms with Crippen molar-refractivity contribution >= 4 is 79.4 Å². The van der Waals surface area contributed by atoms with Crippen LogP contribution in [0.2, 0.25) is 0 Å². The first kappa shape index (κ1) is 30.6. The molecule has 43 heavy (non-hydrogen) atoms. The summed E-state index contributed by atoms with van der Waals surface area (Å²) in [5.74, 6) is -1.40. The van der Waals surface area contributed by atoms with E-state index in [1.54, 1.807) is 26.6 Å². The van der Waals surface area contributed by atoms with Crippen molar-refractivity contribution in [1.29, 1.82) is 0 Å². The van der Waals surface area contributed by atoms with Gasteiger partial charge in [-0.3, -0.25) is 19.0 Å². The lowest BCUT2D eigenvalue weighted by molar-refractivity contribution is -0.142. The number of aryl methyl sites for hydroxylation is 1. The zero-order valence-corrected chi connectivity index (χ0v) is 28.5. The second kappa shape index (κ2) is 12.2. The molecule has 0 unspecified atom stereocenters. The van der Waals surface area contributed by atoms with Gasteiger partial charge in [-0.25, -0.2) is 9.37 Å². The van der Waals surface area contributed by atoms with Gasteiger partial charge in [0.2, 0.25) is 5.91 Å². The number of aliphatic hydroxyl groups is 1. The Kier molecular flexibility index (Phi) is 8.69. The van der Waals surface area contributed by atoms with Crippen LogP contribution in [-0.4, -0.2) is 72.6 Å². The van der Waals surface area contributed by atoms with Crippen LogP contribution in [0.25, 0.3) is 11.0 Å². The second-order valence-corrected chi connectivity index (χ2v) is 15.3. The Labute approximate surface area is 279 Å². The SMILES string of the molecule is Cn1ccc2c(=O)n(CC3(O)CCN(C(=O)[C@@H]4CCN(C(=O)c5sc(I)c(I)c5F)C[C@H]4c4ccccc4)CC3)cnc21. The number of benzene rings is 1. The molecule has 0 radical (unpaired) electrons. The Hall–Kier alpha value is -2.37. The highest BCUT2D eigenvalue weighted by molar-refractivity contribution is 14.1. The quantitative estimate of drug-likeness (QED) is 0.300. The number of nitrogens with zero attached hydrogens (tertiary/aromatic N) is 5. The van der Waals surface area contributed by atoms with Crippen LogP contribution in [0.5, 0.6) is 0 Å². The van der Waals surface area contributed by atoms with Crippen LogP contribution in [0.15, 0.2) is 53.7 Å². The van der Waals surface area contributed by atoms with E-state index >= 15 is 0 Å².